The van der Waals surface area contributed by atoms with Crippen LogP contribution in [0.15, 0.2) is 18.2 Å². The van der Waals surface area contributed by atoms with E-state index in [1.807, 2.05) is 12.1 Å². The van der Waals surface area contributed by atoms with Crippen molar-refractivity contribution >= 4 is 23.2 Å². The highest BCUT2D eigenvalue weighted by molar-refractivity contribution is 6.42. The molecule has 0 aliphatic carbocycles. The second-order valence-corrected chi connectivity index (χ2v) is 5.16. The SMILES string of the molecule is CCCC(CNCC)Cc1cccc(Cl)c1Cl. The Labute approximate surface area is 115 Å². The molecule has 1 nitrogen and oxygen atoms in total. The Morgan fingerprint density at radius 2 is 2.00 bits per heavy atom. The number of benzene rings is 1. The van der Waals surface area contributed by atoms with Crippen LogP contribution in [0.5, 0.6) is 0 Å². The lowest BCUT2D eigenvalue weighted by Crippen LogP contribution is -2.24. The number of rotatable bonds is 7. The molecule has 0 aliphatic heterocycles. The van der Waals surface area contributed by atoms with Crippen molar-refractivity contribution in [3.63, 3.8) is 0 Å². The van der Waals surface area contributed by atoms with E-state index in [-0.39, 0.29) is 0 Å². The minimum Gasteiger partial charge on any atom is -0.317 e. The van der Waals surface area contributed by atoms with Gasteiger partial charge in [-0.25, -0.2) is 0 Å². The van der Waals surface area contributed by atoms with Gasteiger partial charge in [0.05, 0.1) is 10.0 Å². The maximum atomic E-state index is 6.22. The lowest BCUT2D eigenvalue weighted by molar-refractivity contribution is 0.444. The lowest BCUT2D eigenvalue weighted by atomic mass is 9.95. The fourth-order valence-corrected chi connectivity index (χ4v) is 2.45. The van der Waals surface area contributed by atoms with E-state index in [0.717, 1.165) is 25.1 Å². The predicted molar refractivity (Wildman–Crippen MR) is 77.1 cm³/mol. The molecule has 1 atom stereocenters. The van der Waals surface area contributed by atoms with Crippen LogP contribution in [0.3, 0.4) is 0 Å². The zero-order valence-corrected chi connectivity index (χ0v) is 12.1. The van der Waals surface area contributed by atoms with Gasteiger partial charge in [-0.1, -0.05) is 55.6 Å². The Morgan fingerprint density at radius 3 is 2.65 bits per heavy atom. The molecule has 0 aromatic heterocycles. The first kappa shape index (κ1) is 14.8. The number of hydrogen-bond acceptors (Lipinski definition) is 1. The van der Waals surface area contributed by atoms with Crippen molar-refractivity contribution in [3.8, 4) is 0 Å². The summed E-state index contributed by atoms with van der Waals surface area (Å²) in [6.07, 6.45) is 3.42. The Bertz CT molecular complexity index is 339. The zero-order valence-electron chi connectivity index (χ0n) is 10.6. The van der Waals surface area contributed by atoms with Crippen LogP contribution in [0.2, 0.25) is 10.0 Å². The van der Waals surface area contributed by atoms with E-state index in [9.17, 15) is 0 Å². The van der Waals surface area contributed by atoms with E-state index in [0.29, 0.717) is 16.0 Å². The Balaban J connectivity index is 2.67. The molecule has 17 heavy (non-hydrogen) atoms. The van der Waals surface area contributed by atoms with Gasteiger partial charge >= 0.3 is 0 Å². The molecule has 0 amide bonds. The molecule has 0 spiro atoms. The molecular weight excluding hydrogens is 253 g/mol. The van der Waals surface area contributed by atoms with E-state index in [1.54, 1.807) is 0 Å². The van der Waals surface area contributed by atoms with Crippen molar-refractivity contribution in [2.24, 2.45) is 5.92 Å². The summed E-state index contributed by atoms with van der Waals surface area (Å²) in [6.45, 7) is 6.42. The molecule has 0 fully saturated rings. The quantitative estimate of drug-likeness (QED) is 0.768. The van der Waals surface area contributed by atoms with Crippen LogP contribution in [0.4, 0.5) is 0 Å². The standard InChI is InChI=1S/C14H21Cl2N/c1-3-6-11(10-17-4-2)9-12-7-5-8-13(15)14(12)16/h5,7-8,11,17H,3-4,6,9-10H2,1-2H3. The summed E-state index contributed by atoms with van der Waals surface area (Å²) >= 11 is 12.3. The third kappa shape index (κ3) is 4.87. The normalized spacial score (nSPS) is 12.7. The van der Waals surface area contributed by atoms with Gasteiger partial charge in [-0.05, 0) is 43.5 Å². The average molecular weight is 274 g/mol. The maximum Gasteiger partial charge on any atom is 0.0624 e. The molecule has 0 heterocycles. The molecule has 0 saturated carbocycles. The molecule has 0 bridgehead atoms. The molecule has 1 N–H and O–H groups in total. The van der Waals surface area contributed by atoms with Crippen molar-refractivity contribution in [2.45, 2.75) is 33.1 Å². The second kappa shape index (κ2) is 7.97. The maximum absolute atomic E-state index is 6.22. The van der Waals surface area contributed by atoms with Gasteiger partial charge in [0.1, 0.15) is 0 Å². The van der Waals surface area contributed by atoms with Crippen molar-refractivity contribution in [1.29, 1.82) is 0 Å². The minimum absolute atomic E-state index is 0.635. The topological polar surface area (TPSA) is 12.0 Å². The van der Waals surface area contributed by atoms with Gasteiger partial charge in [0.15, 0.2) is 0 Å². The molecule has 96 valence electrons. The fraction of sp³-hybridized carbons (Fsp3) is 0.571. The summed E-state index contributed by atoms with van der Waals surface area (Å²) in [5.41, 5.74) is 1.16. The molecule has 0 aliphatic rings. The van der Waals surface area contributed by atoms with E-state index in [1.165, 1.54) is 12.8 Å². The molecule has 1 rings (SSSR count). The number of hydrogen-bond donors (Lipinski definition) is 1. The van der Waals surface area contributed by atoms with Crippen LogP contribution in [0.25, 0.3) is 0 Å². The van der Waals surface area contributed by atoms with Crippen LogP contribution in [0, 0.1) is 5.92 Å². The first-order valence-corrected chi connectivity index (χ1v) is 7.08. The third-order valence-corrected chi connectivity index (χ3v) is 3.78. The third-order valence-electron chi connectivity index (χ3n) is 2.92. The van der Waals surface area contributed by atoms with Crippen molar-refractivity contribution in [3.05, 3.63) is 33.8 Å². The van der Waals surface area contributed by atoms with Crippen LogP contribution in [-0.4, -0.2) is 13.1 Å². The van der Waals surface area contributed by atoms with Gasteiger partial charge in [-0.15, -0.1) is 0 Å². The summed E-state index contributed by atoms with van der Waals surface area (Å²) in [7, 11) is 0. The zero-order chi connectivity index (χ0) is 12.7. The van der Waals surface area contributed by atoms with Gasteiger partial charge in [-0.2, -0.15) is 0 Å². The summed E-state index contributed by atoms with van der Waals surface area (Å²) < 4.78 is 0. The average Bonchev–Trinajstić information content (AvgIpc) is 2.32. The lowest BCUT2D eigenvalue weighted by Gasteiger charge is -2.17. The first-order valence-electron chi connectivity index (χ1n) is 6.32. The highest BCUT2D eigenvalue weighted by Crippen LogP contribution is 2.28. The molecule has 3 heteroatoms. The van der Waals surface area contributed by atoms with Gasteiger partial charge in [0.2, 0.25) is 0 Å². The first-order chi connectivity index (χ1) is 8.19. The van der Waals surface area contributed by atoms with E-state index in [2.05, 4.69) is 25.2 Å². The van der Waals surface area contributed by atoms with Crippen molar-refractivity contribution in [2.75, 3.05) is 13.1 Å². The summed E-state index contributed by atoms with van der Waals surface area (Å²) in [5, 5.41) is 4.78. The largest absolute Gasteiger partial charge is 0.317 e. The molecule has 1 aromatic carbocycles. The summed E-state index contributed by atoms with van der Waals surface area (Å²) in [4.78, 5) is 0. The molecule has 0 saturated heterocycles. The number of nitrogens with one attached hydrogen (secondary N) is 1. The highest BCUT2D eigenvalue weighted by Gasteiger charge is 2.12. The molecule has 1 unspecified atom stereocenters. The summed E-state index contributed by atoms with van der Waals surface area (Å²) in [6, 6.07) is 5.88. The van der Waals surface area contributed by atoms with Crippen LogP contribution < -0.4 is 5.32 Å². The fourth-order valence-electron chi connectivity index (χ4n) is 2.05. The highest BCUT2D eigenvalue weighted by atomic mass is 35.5. The van der Waals surface area contributed by atoms with Gasteiger partial charge in [0, 0.05) is 0 Å². The minimum atomic E-state index is 0.635. The Kier molecular flexibility index (Phi) is 6.94. The summed E-state index contributed by atoms with van der Waals surface area (Å²) in [5.74, 6) is 0.635. The molecular formula is C14H21Cl2N. The molecule has 1 aromatic rings. The van der Waals surface area contributed by atoms with E-state index in [4.69, 9.17) is 23.2 Å². The van der Waals surface area contributed by atoms with E-state index < -0.39 is 0 Å². The van der Waals surface area contributed by atoms with Crippen molar-refractivity contribution in [1.82, 2.24) is 5.32 Å². The van der Waals surface area contributed by atoms with Gasteiger partial charge in [0.25, 0.3) is 0 Å². The van der Waals surface area contributed by atoms with Crippen LogP contribution >= 0.6 is 23.2 Å². The van der Waals surface area contributed by atoms with Crippen molar-refractivity contribution < 1.29 is 0 Å². The van der Waals surface area contributed by atoms with Crippen LogP contribution in [-0.2, 0) is 6.42 Å². The van der Waals surface area contributed by atoms with Gasteiger partial charge < -0.3 is 5.32 Å². The van der Waals surface area contributed by atoms with E-state index >= 15 is 0 Å². The van der Waals surface area contributed by atoms with Gasteiger partial charge in [-0.3, -0.25) is 0 Å². The second-order valence-electron chi connectivity index (χ2n) is 4.38. The molecule has 0 radical (unpaired) electrons. The Morgan fingerprint density at radius 1 is 1.24 bits per heavy atom. The Hall–Kier alpha value is -0.240. The monoisotopic (exact) mass is 273 g/mol. The van der Waals surface area contributed by atoms with Crippen LogP contribution in [0.1, 0.15) is 32.3 Å². The predicted octanol–water partition coefficient (Wildman–Crippen LogP) is 4.56. The smallest absolute Gasteiger partial charge is 0.0624 e. The number of halogens is 2.